The number of furan rings is 1. The molecule has 0 aliphatic rings. The third-order valence-corrected chi connectivity index (χ3v) is 11.2. The number of hydrogen-bond acceptors (Lipinski definition) is 2. The van der Waals surface area contributed by atoms with Crippen LogP contribution in [-0.4, -0.2) is 0 Å². The monoisotopic (exact) mass is 713 g/mol. The Bertz CT molecular complexity index is 3220. The van der Waals surface area contributed by atoms with Crippen molar-refractivity contribution in [3.05, 3.63) is 212 Å². The van der Waals surface area contributed by atoms with E-state index < -0.39 is 0 Å². The number of fused-ring (bicyclic) bond motifs is 6. The molecule has 2 nitrogen and oxygen atoms in total. The van der Waals surface area contributed by atoms with Crippen LogP contribution in [0.1, 0.15) is 0 Å². The highest BCUT2D eigenvalue weighted by Crippen LogP contribution is 2.45. The highest BCUT2D eigenvalue weighted by atomic mass is 16.3. The minimum atomic E-state index is 0.872. The second-order valence-corrected chi connectivity index (χ2v) is 14.5. The first kappa shape index (κ1) is 32.0. The molecule has 0 radical (unpaired) electrons. The van der Waals surface area contributed by atoms with Crippen molar-refractivity contribution in [3.63, 3.8) is 0 Å². The summed E-state index contributed by atoms with van der Waals surface area (Å²) >= 11 is 0. The van der Waals surface area contributed by atoms with Gasteiger partial charge in [0, 0.05) is 27.4 Å². The minimum absolute atomic E-state index is 0.872. The molecule has 11 aromatic rings. The van der Waals surface area contributed by atoms with E-state index in [2.05, 4.69) is 199 Å². The van der Waals surface area contributed by atoms with Gasteiger partial charge >= 0.3 is 0 Å². The highest BCUT2D eigenvalue weighted by molar-refractivity contribution is 6.14. The van der Waals surface area contributed by atoms with E-state index in [0.29, 0.717) is 0 Å². The van der Waals surface area contributed by atoms with Crippen molar-refractivity contribution in [2.45, 2.75) is 0 Å². The molecule has 10 aromatic carbocycles. The number of rotatable bonds is 6. The Morgan fingerprint density at radius 3 is 1.70 bits per heavy atom. The summed E-state index contributed by atoms with van der Waals surface area (Å²) in [6.45, 7) is 0. The van der Waals surface area contributed by atoms with Crippen molar-refractivity contribution in [2.24, 2.45) is 0 Å². The van der Waals surface area contributed by atoms with Crippen LogP contribution in [-0.2, 0) is 0 Å². The molecule has 0 aliphatic carbocycles. The minimum Gasteiger partial charge on any atom is -0.456 e. The van der Waals surface area contributed by atoms with Gasteiger partial charge in [-0.2, -0.15) is 0 Å². The normalized spacial score (nSPS) is 11.6. The van der Waals surface area contributed by atoms with E-state index in [-0.39, 0.29) is 0 Å². The lowest BCUT2D eigenvalue weighted by Gasteiger charge is -2.29. The Morgan fingerprint density at radius 2 is 0.893 bits per heavy atom. The van der Waals surface area contributed by atoms with E-state index in [1.165, 1.54) is 59.8 Å². The summed E-state index contributed by atoms with van der Waals surface area (Å²) in [6.07, 6.45) is 0. The molecular formula is C54H35NO. The average molecular weight is 714 g/mol. The maximum absolute atomic E-state index is 6.29. The van der Waals surface area contributed by atoms with Crippen molar-refractivity contribution in [3.8, 4) is 33.6 Å². The molecule has 0 saturated heterocycles. The quantitative estimate of drug-likeness (QED) is 0.160. The van der Waals surface area contributed by atoms with E-state index in [9.17, 15) is 0 Å². The van der Waals surface area contributed by atoms with E-state index in [1.54, 1.807) is 0 Å². The molecule has 0 saturated carbocycles. The van der Waals surface area contributed by atoms with Crippen LogP contribution in [0.4, 0.5) is 17.1 Å². The Labute approximate surface area is 325 Å². The molecule has 0 bridgehead atoms. The fourth-order valence-electron chi connectivity index (χ4n) is 8.59. The summed E-state index contributed by atoms with van der Waals surface area (Å²) in [5, 5.41) is 10.9. The van der Waals surface area contributed by atoms with Crippen LogP contribution in [0.2, 0.25) is 0 Å². The zero-order valence-electron chi connectivity index (χ0n) is 30.6. The molecule has 0 fully saturated rings. The SMILES string of the molecule is c1cc(-c2cc3ccccc3o2)cc(-c2ccc(N(c3ccc(-c4cc5ccccc5c5ccccc45)cc3)c3cccc4ccccc34)c3ccccc23)c1. The summed E-state index contributed by atoms with van der Waals surface area (Å²) in [4.78, 5) is 2.43. The molecular weight excluding hydrogens is 679 g/mol. The van der Waals surface area contributed by atoms with E-state index in [0.717, 1.165) is 44.9 Å². The number of benzene rings is 10. The smallest absolute Gasteiger partial charge is 0.135 e. The van der Waals surface area contributed by atoms with Gasteiger partial charge in [-0.1, -0.05) is 164 Å². The fraction of sp³-hybridized carbons (Fsp3) is 0. The van der Waals surface area contributed by atoms with Gasteiger partial charge in [0.15, 0.2) is 0 Å². The van der Waals surface area contributed by atoms with Gasteiger partial charge in [0.25, 0.3) is 0 Å². The van der Waals surface area contributed by atoms with Crippen molar-refractivity contribution in [1.82, 2.24) is 0 Å². The van der Waals surface area contributed by atoms with E-state index in [1.807, 2.05) is 18.2 Å². The molecule has 2 heteroatoms. The lowest BCUT2D eigenvalue weighted by atomic mass is 9.93. The number of anilines is 3. The second-order valence-electron chi connectivity index (χ2n) is 14.5. The van der Waals surface area contributed by atoms with Gasteiger partial charge < -0.3 is 9.32 Å². The van der Waals surface area contributed by atoms with Gasteiger partial charge in [0.2, 0.25) is 0 Å². The molecule has 1 aromatic heterocycles. The number of nitrogens with zero attached hydrogens (tertiary/aromatic N) is 1. The Balaban J connectivity index is 1.07. The topological polar surface area (TPSA) is 16.4 Å². The van der Waals surface area contributed by atoms with Crippen molar-refractivity contribution >= 4 is 71.1 Å². The van der Waals surface area contributed by atoms with Crippen LogP contribution in [0.3, 0.4) is 0 Å². The zero-order valence-corrected chi connectivity index (χ0v) is 30.6. The van der Waals surface area contributed by atoms with Gasteiger partial charge in [-0.05, 0) is 103 Å². The van der Waals surface area contributed by atoms with Gasteiger partial charge in [-0.3, -0.25) is 0 Å². The first-order valence-corrected chi connectivity index (χ1v) is 19.2. The predicted molar refractivity (Wildman–Crippen MR) is 237 cm³/mol. The summed E-state index contributed by atoms with van der Waals surface area (Å²) in [5.74, 6) is 0.872. The molecule has 0 unspecified atom stereocenters. The second kappa shape index (κ2) is 13.2. The number of para-hydroxylation sites is 1. The summed E-state index contributed by atoms with van der Waals surface area (Å²) in [6, 6.07) is 76.6. The predicted octanol–water partition coefficient (Wildman–Crippen LogP) is 15.5. The Morgan fingerprint density at radius 1 is 0.304 bits per heavy atom. The summed E-state index contributed by atoms with van der Waals surface area (Å²) < 4.78 is 6.29. The Hall–Kier alpha value is -7.42. The third-order valence-electron chi connectivity index (χ3n) is 11.2. The fourth-order valence-corrected chi connectivity index (χ4v) is 8.59. The molecule has 0 atom stereocenters. The average Bonchev–Trinajstić information content (AvgIpc) is 3.72. The third kappa shape index (κ3) is 5.34. The van der Waals surface area contributed by atoms with Crippen LogP contribution in [0.15, 0.2) is 217 Å². The highest BCUT2D eigenvalue weighted by Gasteiger charge is 2.20. The van der Waals surface area contributed by atoms with Crippen molar-refractivity contribution in [1.29, 1.82) is 0 Å². The standard InChI is InChI=1S/C54H35NO/c1-5-20-45-36(13-1)16-12-25-51(45)55(42-29-27-37(28-30-42)50-34-39-14-2-4-19-43(39)46-21-6-7-23-48(46)50)52-32-31-44(47-22-8-9-24-49(47)52)38-17-11-18-40(33-38)54-35-41-15-3-10-26-53(41)56-54/h1-35H. The summed E-state index contributed by atoms with van der Waals surface area (Å²) in [7, 11) is 0. The first-order valence-electron chi connectivity index (χ1n) is 19.2. The molecule has 0 N–H and O–H groups in total. The van der Waals surface area contributed by atoms with Crippen LogP contribution >= 0.6 is 0 Å². The van der Waals surface area contributed by atoms with Gasteiger partial charge in [-0.25, -0.2) is 0 Å². The molecule has 262 valence electrons. The van der Waals surface area contributed by atoms with Crippen molar-refractivity contribution in [2.75, 3.05) is 4.90 Å². The zero-order chi connectivity index (χ0) is 37.0. The lowest BCUT2D eigenvalue weighted by molar-refractivity contribution is 0.631. The van der Waals surface area contributed by atoms with Crippen LogP contribution in [0.5, 0.6) is 0 Å². The molecule has 1 heterocycles. The molecule has 0 spiro atoms. The molecule has 0 amide bonds. The van der Waals surface area contributed by atoms with Crippen molar-refractivity contribution < 1.29 is 4.42 Å². The van der Waals surface area contributed by atoms with Gasteiger partial charge in [0.05, 0.1) is 11.4 Å². The van der Waals surface area contributed by atoms with Crippen LogP contribution in [0.25, 0.3) is 87.6 Å². The maximum atomic E-state index is 6.29. The van der Waals surface area contributed by atoms with Crippen LogP contribution < -0.4 is 4.90 Å². The van der Waals surface area contributed by atoms with E-state index >= 15 is 0 Å². The largest absolute Gasteiger partial charge is 0.456 e. The lowest BCUT2D eigenvalue weighted by Crippen LogP contribution is -2.11. The maximum Gasteiger partial charge on any atom is 0.135 e. The van der Waals surface area contributed by atoms with E-state index in [4.69, 9.17) is 4.42 Å². The van der Waals surface area contributed by atoms with Gasteiger partial charge in [-0.15, -0.1) is 0 Å². The van der Waals surface area contributed by atoms with Gasteiger partial charge in [0.1, 0.15) is 11.3 Å². The van der Waals surface area contributed by atoms with Crippen LogP contribution in [0, 0.1) is 0 Å². The molecule has 11 rings (SSSR count). The molecule has 0 aliphatic heterocycles. The summed E-state index contributed by atoms with van der Waals surface area (Å²) in [5.41, 5.74) is 10.1. The number of hydrogen-bond donors (Lipinski definition) is 0. The first-order chi connectivity index (χ1) is 27.8. The Kier molecular flexibility index (Phi) is 7.53. The molecule has 56 heavy (non-hydrogen) atoms.